The predicted molar refractivity (Wildman–Crippen MR) is 71.9 cm³/mol. The highest BCUT2D eigenvalue weighted by molar-refractivity contribution is 5.74. The van der Waals surface area contributed by atoms with Crippen molar-refractivity contribution in [3.63, 3.8) is 0 Å². The summed E-state index contributed by atoms with van der Waals surface area (Å²) in [7, 11) is 0. The molecule has 106 valence electrons. The summed E-state index contributed by atoms with van der Waals surface area (Å²) >= 11 is 0. The van der Waals surface area contributed by atoms with Crippen LogP contribution < -0.4 is 10.6 Å². The first-order valence-electron chi connectivity index (χ1n) is 7.01. The number of carbonyl (C=O) groups is 2. The van der Waals surface area contributed by atoms with E-state index in [0.717, 1.165) is 38.5 Å². The third-order valence-electron chi connectivity index (χ3n) is 4.17. The average molecular weight is 266 g/mol. The van der Waals surface area contributed by atoms with Crippen LogP contribution in [0.5, 0.6) is 0 Å². The number of hydrogen-bond acceptors (Lipinski definition) is 2. The van der Waals surface area contributed by atoms with Gasteiger partial charge in [0.1, 0.15) is 0 Å². The van der Waals surface area contributed by atoms with Gasteiger partial charge >= 0.3 is 12.0 Å². The van der Waals surface area contributed by atoms with Gasteiger partial charge in [-0.15, -0.1) is 0 Å². The van der Waals surface area contributed by atoms with Crippen molar-refractivity contribution in [3.05, 3.63) is 12.2 Å². The number of amides is 2. The number of carboxylic acids is 1. The molecular formula is C14H22N2O3. The molecule has 5 nitrogen and oxygen atoms in total. The minimum atomic E-state index is -0.778. The van der Waals surface area contributed by atoms with E-state index in [1.54, 1.807) is 0 Å². The van der Waals surface area contributed by atoms with Gasteiger partial charge in [0.2, 0.25) is 0 Å². The van der Waals surface area contributed by atoms with Crippen molar-refractivity contribution in [2.75, 3.05) is 6.54 Å². The van der Waals surface area contributed by atoms with Crippen LogP contribution in [-0.4, -0.2) is 29.7 Å². The van der Waals surface area contributed by atoms with E-state index in [0.29, 0.717) is 6.54 Å². The molecule has 5 heteroatoms. The minimum absolute atomic E-state index is 0.152. The number of allylic oxidation sites excluding steroid dienone is 1. The molecule has 2 aliphatic carbocycles. The Labute approximate surface area is 113 Å². The van der Waals surface area contributed by atoms with Gasteiger partial charge in [0.05, 0.1) is 6.42 Å². The molecule has 1 fully saturated rings. The van der Waals surface area contributed by atoms with Crippen LogP contribution in [-0.2, 0) is 4.79 Å². The van der Waals surface area contributed by atoms with E-state index < -0.39 is 5.97 Å². The Morgan fingerprint density at radius 3 is 2.63 bits per heavy atom. The van der Waals surface area contributed by atoms with Crippen LogP contribution in [0.1, 0.15) is 44.9 Å². The number of aliphatic carboxylic acids is 1. The first-order valence-corrected chi connectivity index (χ1v) is 7.01. The maximum absolute atomic E-state index is 11.8. The van der Waals surface area contributed by atoms with Crippen molar-refractivity contribution >= 4 is 12.0 Å². The molecule has 3 N–H and O–H groups in total. The fraction of sp³-hybridized carbons (Fsp3) is 0.714. The average Bonchev–Trinajstić information content (AvgIpc) is 2.33. The lowest BCUT2D eigenvalue weighted by Gasteiger charge is -2.40. The number of carboxylic acid groups (broad SMARTS) is 1. The van der Waals surface area contributed by atoms with E-state index in [1.165, 1.54) is 0 Å². The lowest BCUT2D eigenvalue weighted by molar-refractivity contribution is -0.141. The first kappa shape index (κ1) is 13.9. The van der Waals surface area contributed by atoms with Gasteiger partial charge in [0.25, 0.3) is 0 Å². The van der Waals surface area contributed by atoms with E-state index in [-0.39, 0.29) is 23.9 Å². The summed E-state index contributed by atoms with van der Waals surface area (Å²) in [4.78, 5) is 22.6. The lowest BCUT2D eigenvalue weighted by Crippen LogP contribution is -2.48. The second-order valence-electron chi connectivity index (χ2n) is 5.73. The van der Waals surface area contributed by atoms with Gasteiger partial charge in [-0.05, 0) is 37.5 Å². The van der Waals surface area contributed by atoms with Crippen molar-refractivity contribution in [1.82, 2.24) is 10.6 Å². The molecular weight excluding hydrogens is 244 g/mol. The van der Waals surface area contributed by atoms with Gasteiger partial charge in [0, 0.05) is 12.6 Å². The van der Waals surface area contributed by atoms with Crippen molar-refractivity contribution in [2.24, 2.45) is 5.41 Å². The van der Waals surface area contributed by atoms with E-state index in [1.807, 2.05) is 0 Å². The van der Waals surface area contributed by atoms with Gasteiger partial charge < -0.3 is 15.7 Å². The molecule has 1 unspecified atom stereocenters. The summed E-state index contributed by atoms with van der Waals surface area (Å²) in [5.74, 6) is -0.778. The Morgan fingerprint density at radius 2 is 2.11 bits per heavy atom. The molecule has 0 radical (unpaired) electrons. The van der Waals surface area contributed by atoms with Crippen molar-refractivity contribution in [3.8, 4) is 0 Å². The molecule has 0 aliphatic heterocycles. The minimum Gasteiger partial charge on any atom is -0.481 e. The van der Waals surface area contributed by atoms with Crippen molar-refractivity contribution in [2.45, 2.75) is 51.0 Å². The Morgan fingerprint density at radius 1 is 1.32 bits per heavy atom. The molecule has 2 rings (SSSR count). The van der Waals surface area contributed by atoms with Gasteiger partial charge in [0.15, 0.2) is 0 Å². The zero-order chi connectivity index (χ0) is 13.7. The fourth-order valence-corrected chi connectivity index (χ4v) is 2.84. The molecule has 2 amide bonds. The first-order chi connectivity index (χ1) is 9.10. The van der Waals surface area contributed by atoms with E-state index in [4.69, 9.17) is 5.11 Å². The van der Waals surface area contributed by atoms with Crippen LogP contribution in [0.15, 0.2) is 12.2 Å². The van der Waals surface area contributed by atoms with Crippen LogP contribution >= 0.6 is 0 Å². The summed E-state index contributed by atoms with van der Waals surface area (Å²) in [6.07, 6.45) is 10.1. The lowest BCUT2D eigenvalue weighted by atomic mass is 9.66. The Hall–Kier alpha value is -1.52. The molecule has 0 heterocycles. The summed E-state index contributed by atoms with van der Waals surface area (Å²) in [5.41, 5.74) is -0.213. The number of nitrogens with one attached hydrogen (secondary N) is 2. The predicted octanol–water partition coefficient (Wildman–Crippen LogP) is 2.04. The summed E-state index contributed by atoms with van der Waals surface area (Å²) in [5, 5.41) is 14.7. The molecule has 19 heavy (non-hydrogen) atoms. The second kappa shape index (κ2) is 6.08. The highest BCUT2D eigenvalue weighted by Crippen LogP contribution is 2.43. The summed E-state index contributed by atoms with van der Waals surface area (Å²) < 4.78 is 0. The molecule has 0 aromatic carbocycles. The molecule has 1 atom stereocenters. The molecule has 0 aromatic rings. The van der Waals surface area contributed by atoms with Crippen LogP contribution in [0, 0.1) is 5.41 Å². The third kappa shape index (κ3) is 3.98. The van der Waals surface area contributed by atoms with E-state index in [2.05, 4.69) is 22.8 Å². The molecule has 0 saturated heterocycles. The third-order valence-corrected chi connectivity index (χ3v) is 4.17. The topological polar surface area (TPSA) is 78.4 Å². The Kier molecular flexibility index (Phi) is 4.45. The largest absolute Gasteiger partial charge is 0.481 e. The van der Waals surface area contributed by atoms with Crippen LogP contribution in [0.25, 0.3) is 0 Å². The zero-order valence-corrected chi connectivity index (χ0v) is 11.2. The summed E-state index contributed by atoms with van der Waals surface area (Å²) in [6.45, 7) is 0.466. The van der Waals surface area contributed by atoms with E-state index >= 15 is 0 Å². The normalized spacial score (nSPS) is 24.3. The number of hydrogen-bond donors (Lipinski definition) is 3. The van der Waals surface area contributed by atoms with Crippen LogP contribution in [0.3, 0.4) is 0 Å². The molecule has 1 saturated carbocycles. The molecule has 0 aromatic heterocycles. The number of rotatable bonds is 5. The monoisotopic (exact) mass is 266 g/mol. The summed E-state index contributed by atoms with van der Waals surface area (Å²) in [6, 6.07) is 0.0405. The van der Waals surface area contributed by atoms with Gasteiger partial charge in [-0.25, -0.2) is 4.79 Å². The van der Waals surface area contributed by atoms with Crippen LogP contribution in [0.4, 0.5) is 4.79 Å². The zero-order valence-electron chi connectivity index (χ0n) is 11.2. The molecule has 2 aliphatic rings. The number of carbonyl (C=O) groups excluding carboxylic acids is 1. The van der Waals surface area contributed by atoms with Gasteiger partial charge in [-0.1, -0.05) is 18.6 Å². The smallest absolute Gasteiger partial charge is 0.315 e. The standard InChI is InChI=1S/C14H22N2O3/c17-12(18)9-14(7-4-8-14)10-15-13(19)16-11-5-2-1-3-6-11/h1-2,11H,3-10H2,(H,17,18)(H2,15,16,19). The molecule has 0 bridgehead atoms. The van der Waals surface area contributed by atoms with Crippen molar-refractivity contribution < 1.29 is 14.7 Å². The second-order valence-corrected chi connectivity index (χ2v) is 5.73. The maximum Gasteiger partial charge on any atom is 0.315 e. The highest BCUT2D eigenvalue weighted by Gasteiger charge is 2.39. The SMILES string of the molecule is O=C(O)CC1(CNC(=O)NC2CC=CCC2)CCC1. The number of urea groups is 1. The molecule has 0 spiro atoms. The Balaban J connectivity index is 1.73. The van der Waals surface area contributed by atoms with E-state index in [9.17, 15) is 9.59 Å². The quantitative estimate of drug-likeness (QED) is 0.666. The van der Waals surface area contributed by atoms with Gasteiger partial charge in [-0.3, -0.25) is 4.79 Å². The fourth-order valence-electron chi connectivity index (χ4n) is 2.84. The Bertz CT molecular complexity index is 375. The van der Waals surface area contributed by atoms with Gasteiger partial charge in [-0.2, -0.15) is 0 Å². The van der Waals surface area contributed by atoms with Crippen LogP contribution in [0.2, 0.25) is 0 Å². The highest BCUT2D eigenvalue weighted by atomic mass is 16.4. The maximum atomic E-state index is 11.8. The van der Waals surface area contributed by atoms with Crippen molar-refractivity contribution in [1.29, 1.82) is 0 Å².